The fourth-order valence-corrected chi connectivity index (χ4v) is 4.22. The molecule has 0 saturated carbocycles. The number of carbonyl (C=O) groups excluding carboxylic acids is 1. The molecular formula is C22H25N5O3S. The van der Waals surface area contributed by atoms with Crippen molar-refractivity contribution in [3.63, 3.8) is 0 Å². The second kappa shape index (κ2) is 8.97. The predicted octanol–water partition coefficient (Wildman–Crippen LogP) is 3.48. The SMILES string of the molecule is CC(C)CCn1c(=O)c2ccccc2n2c(SC(C)C(=O)NCc3ccco3)nnc12. The molecule has 0 aliphatic heterocycles. The highest BCUT2D eigenvalue weighted by atomic mass is 32.2. The van der Waals surface area contributed by atoms with Gasteiger partial charge in [0.25, 0.3) is 5.56 Å². The molecule has 9 heteroatoms. The zero-order valence-electron chi connectivity index (χ0n) is 17.7. The summed E-state index contributed by atoms with van der Waals surface area (Å²) < 4.78 is 8.81. The topological polar surface area (TPSA) is 94.4 Å². The molecule has 0 radical (unpaired) electrons. The minimum atomic E-state index is -0.405. The van der Waals surface area contributed by atoms with Gasteiger partial charge in [-0.1, -0.05) is 37.7 Å². The third-order valence-corrected chi connectivity index (χ3v) is 6.12. The average Bonchev–Trinajstić information content (AvgIpc) is 3.42. The summed E-state index contributed by atoms with van der Waals surface area (Å²) >= 11 is 1.31. The van der Waals surface area contributed by atoms with Crippen LogP contribution < -0.4 is 10.9 Å². The Morgan fingerprint density at radius 3 is 2.71 bits per heavy atom. The Morgan fingerprint density at radius 1 is 1.16 bits per heavy atom. The molecule has 1 unspecified atom stereocenters. The monoisotopic (exact) mass is 439 g/mol. The van der Waals surface area contributed by atoms with Crippen molar-refractivity contribution in [1.82, 2.24) is 24.5 Å². The van der Waals surface area contributed by atoms with E-state index in [0.29, 0.717) is 41.1 Å². The number of nitrogens with zero attached hydrogens (tertiary/aromatic N) is 4. The lowest BCUT2D eigenvalue weighted by molar-refractivity contribution is -0.120. The van der Waals surface area contributed by atoms with Crippen molar-refractivity contribution in [2.45, 2.75) is 50.7 Å². The Kier molecular flexibility index (Phi) is 6.13. The molecule has 1 amide bonds. The van der Waals surface area contributed by atoms with Crippen LogP contribution in [-0.4, -0.2) is 30.3 Å². The van der Waals surface area contributed by atoms with Gasteiger partial charge in [0, 0.05) is 6.54 Å². The van der Waals surface area contributed by atoms with E-state index in [-0.39, 0.29) is 11.5 Å². The Morgan fingerprint density at radius 2 is 1.97 bits per heavy atom. The summed E-state index contributed by atoms with van der Waals surface area (Å²) in [6.45, 7) is 6.96. The highest BCUT2D eigenvalue weighted by Crippen LogP contribution is 2.25. The third kappa shape index (κ3) is 4.36. The lowest BCUT2D eigenvalue weighted by atomic mass is 10.1. The van der Waals surface area contributed by atoms with Gasteiger partial charge in [-0.2, -0.15) is 0 Å². The smallest absolute Gasteiger partial charge is 0.262 e. The van der Waals surface area contributed by atoms with E-state index in [1.165, 1.54) is 11.8 Å². The first-order chi connectivity index (χ1) is 15.0. The number of carbonyl (C=O) groups is 1. The van der Waals surface area contributed by atoms with Crippen LogP contribution in [0.5, 0.6) is 0 Å². The molecule has 1 aromatic carbocycles. The molecule has 4 aromatic rings. The molecule has 0 aliphatic rings. The number of fused-ring (bicyclic) bond motifs is 3. The number of aryl methyl sites for hydroxylation is 1. The summed E-state index contributed by atoms with van der Waals surface area (Å²) in [5, 5.41) is 12.3. The highest BCUT2D eigenvalue weighted by Gasteiger charge is 2.21. The first-order valence-corrected chi connectivity index (χ1v) is 11.2. The van der Waals surface area contributed by atoms with Gasteiger partial charge >= 0.3 is 0 Å². The van der Waals surface area contributed by atoms with Crippen LogP contribution in [0.4, 0.5) is 0 Å². The minimum absolute atomic E-state index is 0.0723. The van der Waals surface area contributed by atoms with Gasteiger partial charge in [0.1, 0.15) is 5.76 Å². The number of thioether (sulfide) groups is 1. The van der Waals surface area contributed by atoms with E-state index in [4.69, 9.17) is 4.42 Å². The molecule has 8 nitrogen and oxygen atoms in total. The average molecular weight is 440 g/mol. The molecule has 0 saturated heterocycles. The molecule has 4 rings (SSSR count). The van der Waals surface area contributed by atoms with Crippen molar-refractivity contribution in [3.8, 4) is 0 Å². The van der Waals surface area contributed by atoms with Crippen LogP contribution in [0.25, 0.3) is 16.7 Å². The largest absolute Gasteiger partial charge is 0.467 e. The third-order valence-electron chi connectivity index (χ3n) is 5.08. The predicted molar refractivity (Wildman–Crippen MR) is 120 cm³/mol. The second-order valence-corrected chi connectivity index (χ2v) is 9.14. The first-order valence-electron chi connectivity index (χ1n) is 10.3. The Bertz CT molecular complexity index is 1260. The van der Waals surface area contributed by atoms with Gasteiger partial charge in [0.15, 0.2) is 5.16 Å². The maximum atomic E-state index is 13.1. The summed E-state index contributed by atoms with van der Waals surface area (Å²) in [5.41, 5.74) is 0.663. The van der Waals surface area contributed by atoms with Crippen LogP contribution in [0.15, 0.2) is 57.0 Å². The maximum Gasteiger partial charge on any atom is 0.262 e. The number of nitrogens with one attached hydrogen (secondary N) is 1. The molecule has 31 heavy (non-hydrogen) atoms. The van der Waals surface area contributed by atoms with Crippen molar-refractivity contribution in [3.05, 3.63) is 58.8 Å². The summed E-state index contributed by atoms with van der Waals surface area (Å²) in [4.78, 5) is 25.7. The molecule has 1 N–H and O–H groups in total. The Balaban J connectivity index is 1.67. The normalized spacial score (nSPS) is 12.6. The van der Waals surface area contributed by atoms with Gasteiger partial charge in [-0.05, 0) is 43.5 Å². The minimum Gasteiger partial charge on any atom is -0.467 e. The molecule has 1 atom stereocenters. The zero-order chi connectivity index (χ0) is 22.0. The Hall–Kier alpha value is -3.07. The van der Waals surface area contributed by atoms with Gasteiger partial charge in [0.2, 0.25) is 11.7 Å². The fourth-order valence-electron chi connectivity index (χ4n) is 3.34. The van der Waals surface area contributed by atoms with Crippen molar-refractivity contribution in [2.24, 2.45) is 5.92 Å². The maximum absolute atomic E-state index is 13.1. The van der Waals surface area contributed by atoms with Crippen molar-refractivity contribution < 1.29 is 9.21 Å². The van der Waals surface area contributed by atoms with Gasteiger partial charge in [-0.25, -0.2) is 0 Å². The van der Waals surface area contributed by atoms with E-state index in [1.54, 1.807) is 16.9 Å². The van der Waals surface area contributed by atoms with Gasteiger partial charge in [-0.3, -0.25) is 18.6 Å². The first kappa shape index (κ1) is 21.2. The number of amides is 1. The van der Waals surface area contributed by atoms with Crippen LogP contribution in [0, 0.1) is 5.92 Å². The summed E-state index contributed by atoms with van der Waals surface area (Å²) in [6.07, 6.45) is 2.43. The van der Waals surface area contributed by atoms with E-state index in [1.807, 2.05) is 41.7 Å². The van der Waals surface area contributed by atoms with E-state index >= 15 is 0 Å². The number of benzene rings is 1. The molecule has 3 aromatic heterocycles. The number of rotatable bonds is 8. The van der Waals surface area contributed by atoms with Gasteiger partial charge < -0.3 is 9.73 Å². The Labute approximate surface area is 183 Å². The summed E-state index contributed by atoms with van der Waals surface area (Å²) in [7, 11) is 0. The standard InChI is InChI=1S/C22H25N5O3S/c1-14(2)10-11-26-20(29)17-8-4-5-9-18(17)27-21(26)24-25-22(27)31-15(3)19(28)23-13-16-7-6-12-30-16/h4-9,12,14-15H,10-11,13H2,1-3H3,(H,23,28). The fraction of sp³-hybridized carbons (Fsp3) is 0.364. The van der Waals surface area contributed by atoms with Crippen molar-refractivity contribution in [2.75, 3.05) is 0 Å². The van der Waals surface area contributed by atoms with Crippen LogP contribution in [-0.2, 0) is 17.9 Å². The lowest BCUT2D eigenvalue weighted by Crippen LogP contribution is -2.30. The quantitative estimate of drug-likeness (QED) is 0.423. The number of para-hydroxylation sites is 1. The van der Waals surface area contributed by atoms with Crippen molar-refractivity contribution >= 4 is 34.3 Å². The molecule has 0 bridgehead atoms. The van der Waals surface area contributed by atoms with E-state index < -0.39 is 5.25 Å². The molecule has 0 aliphatic carbocycles. The second-order valence-electron chi connectivity index (χ2n) is 7.83. The number of hydrogen-bond acceptors (Lipinski definition) is 6. The lowest BCUT2D eigenvalue weighted by Gasteiger charge is -2.13. The van der Waals surface area contributed by atoms with Gasteiger partial charge in [-0.15, -0.1) is 10.2 Å². The van der Waals surface area contributed by atoms with Crippen LogP contribution in [0.1, 0.15) is 33.0 Å². The molecular weight excluding hydrogens is 414 g/mol. The van der Waals surface area contributed by atoms with Crippen LogP contribution in [0.2, 0.25) is 0 Å². The number of aromatic nitrogens is 4. The zero-order valence-corrected chi connectivity index (χ0v) is 18.6. The van der Waals surface area contributed by atoms with E-state index in [2.05, 4.69) is 29.4 Å². The number of hydrogen-bond donors (Lipinski definition) is 1. The van der Waals surface area contributed by atoms with Crippen LogP contribution >= 0.6 is 11.8 Å². The summed E-state index contributed by atoms with van der Waals surface area (Å²) in [6, 6.07) is 11.0. The number of furan rings is 1. The highest BCUT2D eigenvalue weighted by molar-refractivity contribution is 8.00. The van der Waals surface area contributed by atoms with Crippen LogP contribution in [0.3, 0.4) is 0 Å². The van der Waals surface area contributed by atoms with Gasteiger partial charge in [0.05, 0.1) is 29.0 Å². The molecule has 162 valence electrons. The summed E-state index contributed by atoms with van der Waals surface area (Å²) in [5.74, 6) is 1.51. The van der Waals surface area contributed by atoms with E-state index in [9.17, 15) is 9.59 Å². The van der Waals surface area contributed by atoms with Crippen molar-refractivity contribution in [1.29, 1.82) is 0 Å². The molecule has 3 heterocycles. The molecule has 0 spiro atoms. The molecule has 0 fully saturated rings. The van der Waals surface area contributed by atoms with E-state index in [0.717, 1.165) is 11.9 Å².